The predicted molar refractivity (Wildman–Crippen MR) is 75.0 cm³/mol. The average Bonchev–Trinajstić information content (AvgIpc) is 2.39. The van der Waals surface area contributed by atoms with Crippen LogP contribution >= 0.6 is 0 Å². The first-order valence-corrected chi connectivity index (χ1v) is 6.30. The molecule has 0 saturated carbocycles. The molecule has 0 aliphatic carbocycles. The van der Waals surface area contributed by atoms with E-state index in [4.69, 9.17) is 4.74 Å². The van der Waals surface area contributed by atoms with Crippen LogP contribution in [0.5, 0.6) is 5.75 Å². The molecule has 0 aromatic heterocycles. The molecule has 3 nitrogen and oxygen atoms in total. The van der Waals surface area contributed by atoms with Gasteiger partial charge in [0.1, 0.15) is 5.75 Å². The van der Waals surface area contributed by atoms with Crippen molar-refractivity contribution in [3.63, 3.8) is 0 Å². The number of nitrogens with one attached hydrogen (secondary N) is 1. The number of aliphatic hydroxyl groups excluding tert-OH is 1. The third-order valence-corrected chi connectivity index (χ3v) is 3.11. The van der Waals surface area contributed by atoms with E-state index in [-0.39, 0.29) is 6.04 Å². The number of aryl methyl sites for hydroxylation is 1. The Labute approximate surface area is 109 Å². The maximum Gasteiger partial charge on any atom is 0.121 e. The van der Waals surface area contributed by atoms with Crippen molar-refractivity contribution in [3.8, 4) is 5.75 Å². The molecule has 0 aliphatic rings. The summed E-state index contributed by atoms with van der Waals surface area (Å²) in [5.74, 6) is 0.845. The second-order valence-corrected chi connectivity index (χ2v) is 4.39. The van der Waals surface area contributed by atoms with Crippen molar-refractivity contribution < 1.29 is 9.84 Å². The summed E-state index contributed by atoms with van der Waals surface area (Å²) in [4.78, 5) is 0. The number of benzene rings is 1. The van der Waals surface area contributed by atoms with Gasteiger partial charge in [0.25, 0.3) is 0 Å². The summed E-state index contributed by atoms with van der Waals surface area (Å²) in [6.07, 6.45) is 2.15. The maximum atomic E-state index is 10.4. The summed E-state index contributed by atoms with van der Waals surface area (Å²) >= 11 is 0. The van der Waals surface area contributed by atoms with Crippen LogP contribution in [0.4, 0.5) is 0 Å². The average molecular weight is 249 g/mol. The first-order valence-electron chi connectivity index (χ1n) is 6.30. The van der Waals surface area contributed by atoms with Gasteiger partial charge in [-0.3, -0.25) is 0 Å². The molecule has 0 bridgehead atoms. The summed E-state index contributed by atoms with van der Waals surface area (Å²) in [7, 11) is 1.65. The SMILES string of the molecule is C=CCNC(CC)C(O)c1ccc(OC)c(C)c1. The highest BCUT2D eigenvalue weighted by Gasteiger charge is 2.18. The van der Waals surface area contributed by atoms with Crippen LogP contribution in [0.1, 0.15) is 30.6 Å². The molecule has 2 atom stereocenters. The van der Waals surface area contributed by atoms with Gasteiger partial charge in [-0.2, -0.15) is 0 Å². The molecule has 1 rings (SSSR count). The van der Waals surface area contributed by atoms with Gasteiger partial charge in [0.05, 0.1) is 13.2 Å². The molecule has 2 N–H and O–H groups in total. The smallest absolute Gasteiger partial charge is 0.121 e. The molecule has 100 valence electrons. The van der Waals surface area contributed by atoms with E-state index in [0.29, 0.717) is 6.54 Å². The van der Waals surface area contributed by atoms with Crippen molar-refractivity contribution in [2.75, 3.05) is 13.7 Å². The number of hydrogen-bond acceptors (Lipinski definition) is 3. The molecule has 0 aliphatic heterocycles. The Morgan fingerprint density at radius 2 is 2.22 bits per heavy atom. The van der Waals surface area contributed by atoms with Crippen molar-refractivity contribution in [2.45, 2.75) is 32.4 Å². The van der Waals surface area contributed by atoms with E-state index in [1.54, 1.807) is 13.2 Å². The lowest BCUT2D eigenvalue weighted by Crippen LogP contribution is -2.34. The highest BCUT2D eigenvalue weighted by molar-refractivity contribution is 5.37. The first kappa shape index (κ1) is 14.7. The number of hydrogen-bond donors (Lipinski definition) is 2. The molecule has 1 aromatic rings. The molecule has 0 fully saturated rings. The van der Waals surface area contributed by atoms with Crippen molar-refractivity contribution in [1.29, 1.82) is 0 Å². The zero-order chi connectivity index (χ0) is 13.5. The van der Waals surface area contributed by atoms with Crippen LogP contribution in [0.3, 0.4) is 0 Å². The number of methoxy groups -OCH3 is 1. The maximum absolute atomic E-state index is 10.4. The van der Waals surface area contributed by atoms with E-state index in [9.17, 15) is 5.11 Å². The standard InChI is InChI=1S/C15H23NO2/c1-5-9-16-13(6-2)15(17)12-7-8-14(18-4)11(3)10-12/h5,7-8,10,13,15-17H,1,6,9H2,2-4H3. The highest BCUT2D eigenvalue weighted by Crippen LogP contribution is 2.25. The van der Waals surface area contributed by atoms with E-state index < -0.39 is 6.10 Å². The Bertz CT molecular complexity index is 390. The molecule has 0 spiro atoms. The Balaban J connectivity index is 2.84. The molecule has 0 radical (unpaired) electrons. The van der Waals surface area contributed by atoms with Gasteiger partial charge in [0, 0.05) is 12.6 Å². The van der Waals surface area contributed by atoms with Crippen LogP contribution in [0.25, 0.3) is 0 Å². The molecular formula is C15H23NO2. The Morgan fingerprint density at radius 1 is 1.50 bits per heavy atom. The normalized spacial score (nSPS) is 14.0. The van der Waals surface area contributed by atoms with E-state index in [1.165, 1.54) is 0 Å². The molecular weight excluding hydrogens is 226 g/mol. The minimum Gasteiger partial charge on any atom is -0.496 e. The molecule has 1 aromatic carbocycles. The van der Waals surface area contributed by atoms with E-state index >= 15 is 0 Å². The Morgan fingerprint density at radius 3 is 2.72 bits per heavy atom. The summed E-state index contributed by atoms with van der Waals surface area (Å²) in [6, 6.07) is 5.82. The zero-order valence-electron chi connectivity index (χ0n) is 11.4. The van der Waals surface area contributed by atoms with Crippen LogP contribution in [-0.4, -0.2) is 24.8 Å². The monoisotopic (exact) mass is 249 g/mol. The van der Waals surface area contributed by atoms with Gasteiger partial charge in [-0.05, 0) is 36.6 Å². The topological polar surface area (TPSA) is 41.5 Å². The molecule has 2 unspecified atom stereocenters. The van der Waals surface area contributed by atoms with Gasteiger partial charge in [0.15, 0.2) is 0 Å². The third-order valence-electron chi connectivity index (χ3n) is 3.11. The fourth-order valence-corrected chi connectivity index (χ4v) is 2.03. The first-order chi connectivity index (χ1) is 8.63. The van der Waals surface area contributed by atoms with Gasteiger partial charge in [-0.15, -0.1) is 6.58 Å². The fraction of sp³-hybridized carbons (Fsp3) is 0.467. The number of rotatable bonds is 7. The van der Waals surface area contributed by atoms with E-state index in [2.05, 4.69) is 18.8 Å². The van der Waals surface area contributed by atoms with Crippen LogP contribution in [-0.2, 0) is 0 Å². The van der Waals surface area contributed by atoms with Gasteiger partial charge in [-0.1, -0.05) is 19.1 Å². The van der Waals surface area contributed by atoms with Crippen LogP contribution in [0, 0.1) is 6.92 Å². The molecule has 18 heavy (non-hydrogen) atoms. The molecule has 3 heteroatoms. The minimum absolute atomic E-state index is 0.0378. The summed E-state index contributed by atoms with van der Waals surface area (Å²) in [6.45, 7) is 8.41. The lowest BCUT2D eigenvalue weighted by atomic mass is 9.98. The summed E-state index contributed by atoms with van der Waals surface area (Å²) in [5.41, 5.74) is 1.95. The van der Waals surface area contributed by atoms with Crippen molar-refractivity contribution >= 4 is 0 Å². The second kappa shape index (κ2) is 7.19. The Kier molecular flexibility index (Phi) is 5.89. The highest BCUT2D eigenvalue weighted by atomic mass is 16.5. The fourth-order valence-electron chi connectivity index (χ4n) is 2.03. The molecule has 0 amide bonds. The van der Waals surface area contributed by atoms with Gasteiger partial charge in [0.2, 0.25) is 0 Å². The second-order valence-electron chi connectivity index (χ2n) is 4.39. The lowest BCUT2D eigenvalue weighted by molar-refractivity contribution is 0.128. The third kappa shape index (κ3) is 3.59. The minimum atomic E-state index is -0.514. The zero-order valence-corrected chi connectivity index (χ0v) is 11.4. The van der Waals surface area contributed by atoms with E-state index in [0.717, 1.165) is 23.3 Å². The summed E-state index contributed by atoms with van der Waals surface area (Å²) in [5, 5.41) is 13.6. The van der Waals surface area contributed by atoms with Gasteiger partial charge < -0.3 is 15.2 Å². The largest absolute Gasteiger partial charge is 0.496 e. The lowest BCUT2D eigenvalue weighted by Gasteiger charge is -2.23. The van der Waals surface area contributed by atoms with Gasteiger partial charge in [-0.25, -0.2) is 0 Å². The quantitative estimate of drug-likeness (QED) is 0.730. The summed E-state index contributed by atoms with van der Waals surface area (Å²) < 4.78 is 5.22. The van der Waals surface area contributed by atoms with E-state index in [1.807, 2.05) is 25.1 Å². The van der Waals surface area contributed by atoms with Crippen molar-refractivity contribution in [1.82, 2.24) is 5.32 Å². The van der Waals surface area contributed by atoms with Crippen molar-refractivity contribution in [2.24, 2.45) is 0 Å². The van der Waals surface area contributed by atoms with Crippen LogP contribution in [0.15, 0.2) is 30.9 Å². The molecule has 0 saturated heterocycles. The van der Waals surface area contributed by atoms with Crippen LogP contribution < -0.4 is 10.1 Å². The Hall–Kier alpha value is -1.32. The van der Waals surface area contributed by atoms with Crippen LogP contribution in [0.2, 0.25) is 0 Å². The van der Waals surface area contributed by atoms with Crippen molar-refractivity contribution in [3.05, 3.63) is 42.0 Å². The molecule has 0 heterocycles. The predicted octanol–water partition coefficient (Wildman–Crippen LogP) is 2.59. The number of ether oxygens (including phenoxy) is 1. The number of aliphatic hydroxyl groups is 1. The van der Waals surface area contributed by atoms with Gasteiger partial charge >= 0.3 is 0 Å².